The number of likely N-dealkylation sites (tertiary alicyclic amines) is 1. The quantitative estimate of drug-likeness (QED) is 0.857. The number of piperidine rings is 1. The van der Waals surface area contributed by atoms with Gasteiger partial charge in [-0.25, -0.2) is 4.39 Å². The number of anilines is 1. The van der Waals surface area contributed by atoms with Gasteiger partial charge in [0.1, 0.15) is 5.82 Å². The van der Waals surface area contributed by atoms with E-state index in [2.05, 4.69) is 5.32 Å². The number of amides is 2. The van der Waals surface area contributed by atoms with Crippen molar-refractivity contribution in [2.75, 3.05) is 11.9 Å². The zero-order chi connectivity index (χ0) is 16.7. The molecule has 1 aromatic carbocycles. The zero-order valence-electron chi connectivity index (χ0n) is 13.8. The lowest BCUT2D eigenvalue weighted by Gasteiger charge is -2.45. The number of carbonyl (C=O) groups is 2. The number of fused-ring (bicyclic) bond motifs is 2. The van der Waals surface area contributed by atoms with Gasteiger partial charge in [0.2, 0.25) is 11.8 Å². The maximum atomic E-state index is 13.5. The molecule has 0 bridgehead atoms. The highest BCUT2D eigenvalue weighted by atomic mass is 19.1. The van der Waals surface area contributed by atoms with E-state index < -0.39 is 11.7 Å². The summed E-state index contributed by atoms with van der Waals surface area (Å²) < 4.78 is 13.5. The molecule has 2 fully saturated rings. The molecule has 0 radical (unpaired) electrons. The van der Waals surface area contributed by atoms with Crippen LogP contribution in [-0.4, -0.2) is 29.3 Å². The van der Waals surface area contributed by atoms with Crippen molar-refractivity contribution in [3.05, 3.63) is 29.6 Å². The molecule has 1 N–H and O–H groups in total. The average Bonchev–Trinajstić information content (AvgIpc) is 2.59. The third-order valence-electron chi connectivity index (χ3n) is 5.88. The topological polar surface area (TPSA) is 49.4 Å². The Morgan fingerprint density at radius 3 is 2.83 bits per heavy atom. The molecule has 0 spiro atoms. The fraction of sp³-hybridized carbons (Fsp3) is 0.579. The van der Waals surface area contributed by atoms with Crippen LogP contribution in [0.3, 0.4) is 0 Å². The van der Waals surface area contributed by atoms with E-state index in [1.54, 1.807) is 6.07 Å². The van der Waals surface area contributed by atoms with Crippen LogP contribution >= 0.6 is 0 Å². The molecule has 0 aromatic heterocycles. The average molecular weight is 330 g/mol. The van der Waals surface area contributed by atoms with Gasteiger partial charge < -0.3 is 10.2 Å². The molecule has 1 aliphatic carbocycles. The Morgan fingerprint density at radius 2 is 1.96 bits per heavy atom. The van der Waals surface area contributed by atoms with Crippen molar-refractivity contribution in [2.45, 2.75) is 56.9 Å². The Morgan fingerprint density at radius 1 is 1.17 bits per heavy atom. The zero-order valence-corrected chi connectivity index (χ0v) is 13.8. The lowest BCUT2D eigenvalue weighted by molar-refractivity contribution is -0.140. The van der Waals surface area contributed by atoms with Crippen LogP contribution in [0.4, 0.5) is 10.1 Å². The SMILES string of the molecule is O=C1C[C@H](C(=O)N2CCC[C@@H]3CCCC[C@@H]32)c2ccc(F)cc2N1. The first-order chi connectivity index (χ1) is 11.6. The van der Waals surface area contributed by atoms with Gasteiger partial charge in [0.15, 0.2) is 0 Å². The molecule has 24 heavy (non-hydrogen) atoms. The molecular formula is C19H23FN2O2. The minimum atomic E-state index is -0.477. The summed E-state index contributed by atoms with van der Waals surface area (Å²) >= 11 is 0. The second-order valence-corrected chi connectivity index (χ2v) is 7.32. The molecule has 0 unspecified atom stereocenters. The number of benzene rings is 1. The van der Waals surface area contributed by atoms with Gasteiger partial charge >= 0.3 is 0 Å². The predicted molar refractivity (Wildman–Crippen MR) is 89.1 cm³/mol. The highest BCUT2D eigenvalue weighted by Crippen LogP contribution is 2.39. The Kier molecular flexibility index (Phi) is 4.02. The molecule has 3 atom stereocenters. The summed E-state index contributed by atoms with van der Waals surface area (Å²) in [5, 5.41) is 2.70. The van der Waals surface area contributed by atoms with E-state index in [0.717, 1.165) is 24.9 Å². The van der Waals surface area contributed by atoms with Crippen LogP contribution < -0.4 is 5.32 Å². The van der Waals surface area contributed by atoms with Crippen molar-refractivity contribution >= 4 is 17.5 Å². The van der Waals surface area contributed by atoms with Gasteiger partial charge in [-0.3, -0.25) is 9.59 Å². The number of hydrogen-bond donors (Lipinski definition) is 1. The summed E-state index contributed by atoms with van der Waals surface area (Å²) in [5.74, 6) is -0.415. The molecule has 1 saturated heterocycles. The maximum absolute atomic E-state index is 13.5. The maximum Gasteiger partial charge on any atom is 0.230 e. The van der Waals surface area contributed by atoms with E-state index in [0.29, 0.717) is 17.6 Å². The summed E-state index contributed by atoms with van der Waals surface area (Å²) in [7, 11) is 0. The van der Waals surface area contributed by atoms with Crippen molar-refractivity contribution in [3.8, 4) is 0 Å². The number of rotatable bonds is 1. The Hall–Kier alpha value is -1.91. The van der Waals surface area contributed by atoms with Gasteiger partial charge in [0, 0.05) is 24.7 Å². The fourth-order valence-corrected chi connectivity index (χ4v) is 4.76. The van der Waals surface area contributed by atoms with Crippen LogP contribution in [0.5, 0.6) is 0 Å². The van der Waals surface area contributed by atoms with E-state index in [4.69, 9.17) is 0 Å². The Labute approximate surface area is 141 Å². The molecule has 1 aromatic rings. The van der Waals surface area contributed by atoms with Crippen LogP contribution in [0, 0.1) is 11.7 Å². The highest BCUT2D eigenvalue weighted by Gasteiger charge is 2.40. The number of halogens is 1. The van der Waals surface area contributed by atoms with Crippen LogP contribution in [0.15, 0.2) is 18.2 Å². The van der Waals surface area contributed by atoms with Crippen molar-refractivity contribution in [2.24, 2.45) is 5.92 Å². The lowest BCUT2D eigenvalue weighted by atomic mass is 9.77. The smallest absolute Gasteiger partial charge is 0.230 e. The van der Waals surface area contributed by atoms with Crippen molar-refractivity contribution < 1.29 is 14.0 Å². The summed E-state index contributed by atoms with van der Waals surface area (Å²) in [6, 6.07) is 4.66. The molecule has 2 amide bonds. The van der Waals surface area contributed by atoms with Crippen LogP contribution in [-0.2, 0) is 9.59 Å². The van der Waals surface area contributed by atoms with E-state index >= 15 is 0 Å². The molecule has 4 nitrogen and oxygen atoms in total. The number of nitrogens with one attached hydrogen (secondary N) is 1. The molecule has 1 saturated carbocycles. The van der Waals surface area contributed by atoms with E-state index in [1.807, 2.05) is 4.90 Å². The predicted octanol–water partition coefficient (Wildman–Crippen LogP) is 3.43. The van der Waals surface area contributed by atoms with E-state index in [1.165, 1.54) is 37.8 Å². The normalized spacial score (nSPS) is 29.5. The Bertz CT molecular complexity index is 673. The summed E-state index contributed by atoms with van der Waals surface area (Å²) in [6.45, 7) is 0.786. The first kappa shape index (κ1) is 15.6. The van der Waals surface area contributed by atoms with Gasteiger partial charge in [0.25, 0.3) is 0 Å². The highest BCUT2D eigenvalue weighted by molar-refractivity contribution is 6.01. The second kappa shape index (κ2) is 6.19. The van der Waals surface area contributed by atoms with E-state index in [-0.39, 0.29) is 18.2 Å². The van der Waals surface area contributed by atoms with Crippen molar-refractivity contribution in [1.82, 2.24) is 4.90 Å². The molecular weight excluding hydrogens is 307 g/mol. The largest absolute Gasteiger partial charge is 0.339 e. The monoisotopic (exact) mass is 330 g/mol. The summed E-state index contributed by atoms with van der Waals surface area (Å²) in [4.78, 5) is 27.3. The number of hydrogen-bond acceptors (Lipinski definition) is 2. The number of carbonyl (C=O) groups excluding carboxylic acids is 2. The van der Waals surface area contributed by atoms with Gasteiger partial charge in [-0.1, -0.05) is 18.9 Å². The van der Waals surface area contributed by atoms with Crippen molar-refractivity contribution in [1.29, 1.82) is 0 Å². The minimum absolute atomic E-state index is 0.0503. The van der Waals surface area contributed by atoms with Gasteiger partial charge in [0.05, 0.1) is 5.92 Å². The van der Waals surface area contributed by atoms with E-state index in [9.17, 15) is 14.0 Å². The first-order valence-corrected chi connectivity index (χ1v) is 9.03. The minimum Gasteiger partial charge on any atom is -0.339 e. The van der Waals surface area contributed by atoms with Crippen LogP contribution in [0.1, 0.15) is 56.4 Å². The molecule has 4 rings (SSSR count). The molecule has 3 aliphatic rings. The molecule has 128 valence electrons. The second-order valence-electron chi connectivity index (χ2n) is 7.32. The molecule has 2 heterocycles. The van der Waals surface area contributed by atoms with Crippen LogP contribution in [0.2, 0.25) is 0 Å². The van der Waals surface area contributed by atoms with Gasteiger partial charge in [-0.05, 0) is 49.3 Å². The van der Waals surface area contributed by atoms with Gasteiger partial charge in [-0.15, -0.1) is 0 Å². The van der Waals surface area contributed by atoms with Crippen molar-refractivity contribution in [3.63, 3.8) is 0 Å². The molecule has 2 aliphatic heterocycles. The Balaban J connectivity index is 1.63. The summed E-state index contributed by atoms with van der Waals surface area (Å²) in [5.41, 5.74) is 1.20. The summed E-state index contributed by atoms with van der Waals surface area (Å²) in [6.07, 6.45) is 7.14. The number of nitrogens with zero attached hydrogens (tertiary/aromatic N) is 1. The third kappa shape index (κ3) is 2.70. The van der Waals surface area contributed by atoms with Crippen LogP contribution in [0.25, 0.3) is 0 Å². The fourth-order valence-electron chi connectivity index (χ4n) is 4.76. The molecule has 5 heteroatoms. The third-order valence-corrected chi connectivity index (χ3v) is 5.88. The standard InChI is InChI=1S/C19H23FN2O2/c20-13-7-8-14-15(11-18(23)21-16(14)10-13)19(24)22-9-3-5-12-4-1-2-6-17(12)22/h7-8,10,12,15,17H,1-6,9,11H2,(H,21,23)/t12-,15-,17-/m0/s1. The van der Waals surface area contributed by atoms with Gasteiger partial charge in [-0.2, -0.15) is 0 Å². The lowest BCUT2D eigenvalue weighted by Crippen LogP contribution is -2.51. The first-order valence-electron chi connectivity index (χ1n) is 9.03.